The number of nitro groups is 1. The molecule has 0 unspecified atom stereocenters. The van der Waals surface area contributed by atoms with E-state index in [0.29, 0.717) is 12.2 Å². The fraction of sp³-hybridized carbons (Fsp3) is 0.429. The van der Waals surface area contributed by atoms with Crippen molar-refractivity contribution in [2.75, 3.05) is 18.6 Å². The molecule has 1 saturated carbocycles. The minimum atomic E-state index is -0.540. The van der Waals surface area contributed by atoms with Gasteiger partial charge in [-0.3, -0.25) is 10.1 Å². The number of hydrogen-bond donors (Lipinski definition) is 0. The maximum atomic E-state index is 11.6. The van der Waals surface area contributed by atoms with Crippen molar-refractivity contribution in [1.82, 2.24) is 0 Å². The first kappa shape index (κ1) is 14.8. The molecule has 0 atom stereocenters. The fourth-order valence-corrected chi connectivity index (χ4v) is 2.21. The maximum Gasteiger partial charge on any atom is 0.337 e. The molecule has 1 aromatic carbocycles. The molecule has 2 rings (SSSR count). The molecular weight excluding hydrogens is 274 g/mol. The van der Waals surface area contributed by atoms with E-state index in [1.807, 2.05) is 11.0 Å². The molecule has 1 aliphatic carbocycles. The molecule has 0 aromatic heterocycles. The van der Waals surface area contributed by atoms with E-state index in [0.717, 1.165) is 12.8 Å². The molecule has 21 heavy (non-hydrogen) atoms. The van der Waals surface area contributed by atoms with Crippen LogP contribution in [-0.4, -0.2) is 30.6 Å². The van der Waals surface area contributed by atoms with Crippen LogP contribution in [0.4, 0.5) is 11.4 Å². The van der Waals surface area contributed by atoms with Crippen molar-refractivity contribution >= 4 is 17.3 Å². The molecule has 1 fully saturated rings. The van der Waals surface area contributed by atoms with Gasteiger partial charge in [-0.25, -0.2) is 4.79 Å². The number of nitriles is 1. The van der Waals surface area contributed by atoms with Crippen molar-refractivity contribution in [1.29, 1.82) is 5.26 Å². The van der Waals surface area contributed by atoms with Gasteiger partial charge in [0, 0.05) is 18.7 Å². The summed E-state index contributed by atoms with van der Waals surface area (Å²) in [6, 6.07) is 6.40. The number of methoxy groups -OCH3 is 1. The van der Waals surface area contributed by atoms with Gasteiger partial charge in [0.2, 0.25) is 0 Å². The summed E-state index contributed by atoms with van der Waals surface area (Å²) in [6.07, 6.45) is 2.15. The number of rotatable bonds is 6. The van der Waals surface area contributed by atoms with Gasteiger partial charge in [0.25, 0.3) is 5.69 Å². The van der Waals surface area contributed by atoms with E-state index < -0.39 is 10.9 Å². The van der Waals surface area contributed by atoms with Gasteiger partial charge in [0.05, 0.1) is 30.1 Å². The van der Waals surface area contributed by atoms with E-state index in [4.69, 9.17) is 5.26 Å². The van der Waals surface area contributed by atoms with Crippen LogP contribution in [0.5, 0.6) is 0 Å². The largest absolute Gasteiger partial charge is 0.465 e. The molecule has 7 nitrogen and oxygen atoms in total. The van der Waals surface area contributed by atoms with Crippen molar-refractivity contribution in [2.24, 2.45) is 0 Å². The number of anilines is 1. The van der Waals surface area contributed by atoms with Gasteiger partial charge in [0.1, 0.15) is 5.69 Å². The SMILES string of the molecule is COC(=O)c1ccc([N+](=O)[O-])c(N(CCC#N)C2CC2)c1. The number of esters is 1. The first-order valence-corrected chi connectivity index (χ1v) is 6.58. The first-order valence-electron chi connectivity index (χ1n) is 6.58. The quantitative estimate of drug-likeness (QED) is 0.452. The van der Waals surface area contributed by atoms with Gasteiger partial charge >= 0.3 is 5.97 Å². The number of carbonyl (C=O) groups excluding carboxylic acids is 1. The van der Waals surface area contributed by atoms with Gasteiger partial charge in [-0.05, 0) is 25.0 Å². The lowest BCUT2D eigenvalue weighted by Crippen LogP contribution is -2.27. The van der Waals surface area contributed by atoms with Gasteiger partial charge in [-0.15, -0.1) is 0 Å². The maximum absolute atomic E-state index is 11.6. The fourth-order valence-electron chi connectivity index (χ4n) is 2.21. The summed E-state index contributed by atoms with van der Waals surface area (Å²) in [7, 11) is 1.26. The first-order chi connectivity index (χ1) is 10.1. The van der Waals surface area contributed by atoms with Gasteiger partial charge in [0.15, 0.2) is 0 Å². The third-order valence-electron chi connectivity index (χ3n) is 3.35. The van der Waals surface area contributed by atoms with Crippen LogP contribution < -0.4 is 4.90 Å². The number of carbonyl (C=O) groups is 1. The average molecular weight is 289 g/mol. The molecule has 110 valence electrons. The van der Waals surface area contributed by atoms with E-state index in [-0.39, 0.29) is 23.7 Å². The monoisotopic (exact) mass is 289 g/mol. The van der Waals surface area contributed by atoms with Crippen molar-refractivity contribution in [3.05, 3.63) is 33.9 Å². The van der Waals surface area contributed by atoms with Crippen molar-refractivity contribution in [2.45, 2.75) is 25.3 Å². The predicted molar refractivity (Wildman–Crippen MR) is 75.0 cm³/mol. The average Bonchev–Trinajstić information content (AvgIpc) is 3.31. The van der Waals surface area contributed by atoms with Gasteiger partial charge in [-0.2, -0.15) is 5.26 Å². The number of benzene rings is 1. The Morgan fingerprint density at radius 1 is 1.57 bits per heavy atom. The lowest BCUT2D eigenvalue weighted by atomic mass is 10.1. The van der Waals surface area contributed by atoms with E-state index in [1.165, 1.54) is 25.3 Å². The molecule has 0 aliphatic heterocycles. The Balaban J connectivity index is 2.43. The minimum Gasteiger partial charge on any atom is -0.465 e. The Kier molecular flexibility index (Phi) is 4.38. The number of nitrogens with zero attached hydrogens (tertiary/aromatic N) is 3. The lowest BCUT2D eigenvalue weighted by Gasteiger charge is -2.23. The van der Waals surface area contributed by atoms with E-state index in [1.54, 1.807) is 0 Å². The predicted octanol–water partition coefficient (Wildman–Crippen LogP) is 2.26. The summed E-state index contributed by atoms with van der Waals surface area (Å²) in [4.78, 5) is 24.2. The topological polar surface area (TPSA) is 96.5 Å². The summed E-state index contributed by atoms with van der Waals surface area (Å²) >= 11 is 0. The highest BCUT2D eigenvalue weighted by atomic mass is 16.6. The molecule has 0 amide bonds. The second-order valence-electron chi connectivity index (χ2n) is 4.78. The van der Waals surface area contributed by atoms with Gasteiger partial charge in [-0.1, -0.05) is 0 Å². The molecule has 0 spiro atoms. The molecule has 7 heteroatoms. The molecule has 1 aliphatic rings. The van der Waals surface area contributed by atoms with E-state index in [2.05, 4.69) is 4.74 Å². The minimum absolute atomic E-state index is 0.0625. The van der Waals surface area contributed by atoms with Crippen LogP contribution >= 0.6 is 0 Å². The van der Waals surface area contributed by atoms with Crippen LogP contribution in [0.3, 0.4) is 0 Å². The zero-order chi connectivity index (χ0) is 15.4. The standard InChI is InChI=1S/C14H15N3O4/c1-21-14(18)10-3-6-12(17(19)20)13(9-10)16(8-2-7-15)11-4-5-11/h3,6,9,11H,2,4-5,8H2,1H3. The highest BCUT2D eigenvalue weighted by molar-refractivity contribution is 5.91. The highest BCUT2D eigenvalue weighted by Crippen LogP contribution is 2.37. The van der Waals surface area contributed by atoms with Crippen molar-refractivity contribution in [3.63, 3.8) is 0 Å². The van der Waals surface area contributed by atoms with Crippen LogP contribution in [-0.2, 0) is 4.74 Å². The van der Waals surface area contributed by atoms with Gasteiger partial charge < -0.3 is 9.64 Å². The Bertz CT molecular complexity index is 605. The molecule has 0 N–H and O–H groups in total. The van der Waals surface area contributed by atoms with Crippen molar-refractivity contribution in [3.8, 4) is 6.07 Å². The second-order valence-corrected chi connectivity index (χ2v) is 4.78. The van der Waals surface area contributed by atoms with Crippen LogP contribution in [0, 0.1) is 21.4 Å². The molecule has 0 saturated heterocycles. The lowest BCUT2D eigenvalue weighted by molar-refractivity contribution is -0.384. The highest BCUT2D eigenvalue weighted by Gasteiger charge is 2.33. The van der Waals surface area contributed by atoms with Crippen LogP contribution in [0.2, 0.25) is 0 Å². The number of ether oxygens (including phenoxy) is 1. The van der Waals surface area contributed by atoms with Crippen molar-refractivity contribution < 1.29 is 14.5 Å². The Morgan fingerprint density at radius 2 is 2.29 bits per heavy atom. The zero-order valence-electron chi connectivity index (χ0n) is 11.6. The summed E-state index contributed by atoms with van der Waals surface area (Å²) < 4.78 is 4.65. The van der Waals surface area contributed by atoms with Crippen LogP contribution in [0.1, 0.15) is 29.6 Å². The van der Waals surface area contributed by atoms with Crippen LogP contribution in [0.25, 0.3) is 0 Å². The number of nitro benzene ring substituents is 1. The van der Waals surface area contributed by atoms with E-state index >= 15 is 0 Å². The molecular formula is C14H15N3O4. The Labute approximate surface area is 121 Å². The Hall–Kier alpha value is -2.62. The summed E-state index contributed by atoms with van der Waals surface area (Å²) in [6.45, 7) is 0.409. The second kappa shape index (κ2) is 6.22. The summed E-state index contributed by atoms with van der Waals surface area (Å²) in [5.41, 5.74) is 0.578. The molecule has 1 aromatic rings. The molecule has 0 bridgehead atoms. The molecule has 0 radical (unpaired) electrons. The Morgan fingerprint density at radius 3 is 2.81 bits per heavy atom. The number of hydrogen-bond acceptors (Lipinski definition) is 6. The summed E-state index contributed by atoms with van der Waals surface area (Å²) in [5.74, 6) is -0.540. The smallest absolute Gasteiger partial charge is 0.337 e. The summed E-state index contributed by atoms with van der Waals surface area (Å²) in [5, 5.41) is 19.9. The normalized spacial score (nSPS) is 13.3. The van der Waals surface area contributed by atoms with E-state index in [9.17, 15) is 14.9 Å². The zero-order valence-corrected chi connectivity index (χ0v) is 11.6. The third kappa shape index (κ3) is 3.28. The molecule has 0 heterocycles. The van der Waals surface area contributed by atoms with Crippen LogP contribution in [0.15, 0.2) is 18.2 Å². The third-order valence-corrected chi connectivity index (χ3v) is 3.35.